The van der Waals surface area contributed by atoms with Crippen LogP contribution in [-0.2, 0) is 0 Å². The summed E-state index contributed by atoms with van der Waals surface area (Å²) in [6.45, 7) is 3.71. The van der Waals surface area contributed by atoms with Gasteiger partial charge in [0.2, 0.25) is 0 Å². The lowest BCUT2D eigenvalue weighted by molar-refractivity contribution is 0.264. The van der Waals surface area contributed by atoms with Crippen molar-refractivity contribution in [1.29, 1.82) is 0 Å². The second-order valence-corrected chi connectivity index (χ2v) is 6.01. The molecule has 2 N–H and O–H groups in total. The molecule has 3 rings (SSSR count). The third-order valence-electron chi connectivity index (χ3n) is 4.75. The van der Waals surface area contributed by atoms with Gasteiger partial charge in [-0.25, -0.2) is 0 Å². The SMILES string of the molecule is NC1CCCC1CN1CCC(c2ccccc2)C1. The van der Waals surface area contributed by atoms with Gasteiger partial charge >= 0.3 is 0 Å². The van der Waals surface area contributed by atoms with E-state index in [0.29, 0.717) is 6.04 Å². The number of benzene rings is 1. The molecule has 1 saturated carbocycles. The van der Waals surface area contributed by atoms with Crippen molar-refractivity contribution in [3.63, 3.8) is 0 Å². The average Bonchev–Trinajstić information content (AvgIpc) is 3.02. The van der Waals surface area contributed by atoms with Crippen LogP contribution in [0.25, 0.3) is 0 Å². The predicted molar refractivity (Wildman–Crippen MR) is 75.6 cm³/mol. The first kappa shape index (κ1) is 12.2. The summed E-state index contributed by atoms with van der Waals surface area (Å²) in [5.41, 5.74) is 7.69. The number of hydrogen-bond donors (Lipinski definition) is 1. The molecule has 2 nitrogen and oxygen atoms in total. The van der Waals surface area contributed by atoms with Crippen LogP contribution in [0.5, 0.6) is 0 Å². The van der Waals surface area contributed by atoms with E-state index in [1.165, 1.54) is 50.9 Å². The Balaban J connectivity index is 1.55. The van der Waals surface area contributed by atoms with Crippen LogP contribution in [0.2, 0.25) is 0 Å². The molecule has 1 aliphatic carbocycles. The van der Waals surface area contributed by atoms with Crippen LogP contribution in [0.4, 0.5) is 0 Å². The molecule has 0 aromatic heterocycles. The summed E-state index contributed by atoms with van der Waals surface area (Å²) in [6.07, 6.45) is 5.22. The summed E-state index contributed by atoms with van der Waals surface area (Å²) in [5.74, 6) is 1.49. The van der Waals surface area contributed by atoms with Gasteiger partial charge in [-0.15, -0.1) is 0 Å². The van der Waals surface area contributed by atoms with E-state index in [9.17, 15) is 0 Å². The summed E-state index contributed by atoms with van der Waals surface area (Å²) in [7, 11) is 0. The van der Waals surface area contributed by atoms with Crippen LogP contribution >= 0.6 is 0 Å². The lowest BCUT2D eigenvalue weighted by Crippen LogP contribution is -2.35. The van der Waals surface area contributed by atoms with Crippen molar-refractivity contribution in [3.8, 4) is 0 Å². The van der Waals surface area contributed by atoms with Crippen molar-refractivity contribution in [3.05, 3.63) is 35.9 Å². The molecule has 1 aromatic rings. The lowest BCUT2D eigenvalue weighted by atomic mass is 9.99. The van der Waals surface area contributed by atoms with Crippen molar-refractivity contribution >= 4 is 0 Å². The Bertz CT molecular complexity index is 376. The highest BCUT2D eigenvalue weighted by Gasteiger charge is 2.29. The third kappa shape index (κ3) is 2.60. The highest BCUT2D eigenvalue weighted by Crippen LogP contribution is 2.30. The van der Waals surface area contributed by atoms with Gasteiger partial charge in [0.05, 0.1) is 0 Å². The third-order valence-corrected chi connectivity index (χ3v) is 4.75. The molecule has 0 bridgehead atoms. The zero-order chi connectivity index (χ0) is 12.4. The highest BCUT2D eigenvalue weighted by molar-refractivity contribution is 5.21. The minimum atomic E-state index is 0.459. The van der Waals surface area contributed by atoms with Crippen molar-refractivity contribution < 1.29 is 0 Å². The minimum Gasteiger partial charge on any atom is -0.327 e. The van der Waals surface area contributed by atoms with Gasteiger partial charge in [-0.2, -0.15) is 0 Å². The Morgan fingerprint density at radius 1 is 1.11 bits per heavy atom. The zero-order valence-corrected chi connectivity index (χ0v) is 11.1. The average molecular weight is 244 g/mol. The molecule has 0 radical (unpaired) electrons. The Kier molecular flexibility index (Phi) is 3.67. The van der Waals surface area contributed by atoms with E-state index in [-0.39, 0.29) is 0 Å². The van der Waals surface area contributed by atoms with Gasteiger partial charge in [-0.1, -0.05) is 36.8 Å². The normalized spacial score (nSPS) is 33.1. The van der Waals surface area contributed by atoms with Crippen LogP contribution in [0.1, 0.15) is 37.2 Å². The fourth-order valence-electron chi connectivity index (χ4n) is 3.62. The molecule has 1 saturated heterocycles. The Morgan fingerprint density at radius 2 is 1.94 bits per heavy atom. The van der Waals surface area contributed by atoms with Crippen molar-refractivity contribution in [2.24, 2.45) is 11.7 Å². The van der Waals surface area contributed by atoms with Gasteiger partial charge in [0, 0.05) is 19.1 Å². The number of hydrogen-bond acceptors (Lipinski definition) is 2. The number of rotatable bonds is 3. The summed E-state index contributed by atoms with van der Waals surface area (Å²) < 4.78 is 0. The first-order valence-electron chi connectivity index (χ1n) is 7.36. The fourth-order valence-corrected chi connectivity index (χ4v) is 3.62. The number of nitrogens with zero attached hydrogens (tertiary/aromatic N) is 1. The molecule has 2 fully saturated rings. The number of nitrogens with two attached hydrogens (primary N) is 1. The van der Waals surface area contributed by atoms with E-state index in [1.54, 1.807) is 0 Å². The monoisotopic (exact) mass is 244 g/mol. The molecule has 1 aromatic carbocycles. The van der Waals surface area contributed by atoms with Gasteiger partial charge in [0.25, 0.3) is 0 Å². The molecule has 98 valence electrons. The van der Waals surface area contributed by atoms with Gasteiger partial charge in [0.1, 0.15) is 0 Å². The Labute approximate surface area is 110 Å². The van der Waals surface area contributed by atoms with Crippen LogP contribution in [0, 0.1) is 5.92 Å². The van der Waals surface area contributed by atoms with Crippen molar-refractivity contribution in [2.45, 2.75) is 37.6 Å². The molecule has 1 heterocycles. The minimum absolute atomic E-state index is 0.459. The molecule has 0 amide bonds. The Morgan fingerprint density at radius 3 is 2.67 bits per heavy atom. The Hall–Kier alpha value is -0.860. The van der Waals surface area contributed by atoms with Crippen LogP contribution in [-0.4, -0.2) is 30.6 Å². The van der Waals surface area contributed by atoms with Gasteiger partial charge in [-0.05, 0) is 43.2 Å². The quantitative estimate of drug-likeness (QED) is 0.885. The molecule has 1 aliphatic heterocycles. The van der Waals surface area contributed by atoms with Gasteiger partial charge in [0.15, 0.2) is 0 Å². The second-order valence-electron chi connectivity index (χ2n) is 6.01. The summed E-state index contributed by atoms with van der Waals surface area (Å²) in [4.78, 5) is 2.63. The predicted octanol–water partition coefficient (Wildman–Crippen LogP) is 2.60. The molecular weight excluding hydrogens is 220 g/mol. The zero-order valence-electron chi connectivity index (χ0n) is 11.1. The molecule has 2 aliphatic rings. The first-order chi connectivity index (χ1) is 8.83. The second kappa shape index (κ2) is 5.41. The molecule has 18 heavy (non-hydrogen) atoms. The van der Waals surface area contributed by atoms with Crippen molar-refractivity contribution in [1.82, 2.24) is 4.90 Å². The standard InChI is InChI=1S/C16H24N2/c17-16-8-4-7-15(16)12-18-10-9-14(11-18)13-5-2-1-3-6-13/h1-3,5-6,14-16H,4,7-12,17H2. The van der Waals surface area contributed by atoms with E-state index >= 15 is 0 Å². The maximum absolute atomic E-state index is 6.18. The van der Waals surface area contributed by atoms with Gasteiger partial charge in [-0.3, -0.25) is 0 Å². The molecule has 3 atom stereocenters. The lowest BCUT2D eigenvalue weighted by Gasteiger charge is -2.23. The maximum atomic E-state index is 6.18. The summed E-state index contributed by atoms with van der Waals surface area (Å²) in [5, 5.41) is 0. The summed E-state index contributed by atoms with van der Waals surface area (Å²) >= 11 is 0. The van der Waals surface area contributed by atoms with E-state index in [2.05, 4.69) is 35.2 Å². The topological polar surface area (TPSA) is 29.3 Å². The highest BCUT2D eigenvalue weighted by atomic mass is 15.1. The fraction of sp³-hybridized carbons (Fsp3) is 0.625. The smallest absolute Gasteiger partial charge is 0.00793 e. The van der Waals surface area contributed by atoms with E-state index in [1.807, 2.05) is 0 Å². The van der Waals surface area contributed by atoms with E-state index in [0.717, 1.165) is 11.8 Å². The van der Waals surface area contributed by atoms with E-state index in [4.69, 9.17) is 5.73 Å². The largest absolute Gasteiger partial charge is 0.327 e. The first-order valence-corrected chi connectivity index (χ1v) is 7.36. The van der Waals surface area contributed by atoms with Gasteiger partial charge < -0.3 is 10.6 Å². The van der Waals surface area contributed by atoms with Crippen molar-refractivity contribution in [2.75, 3.05) is 19.6 Å². The molecule has 2 heteroatoms. The van der Waals surface area contributed by atoms with Crippen LogP contribution < -0.4 is 5.73 Å². The molecule has 0 spiro atoms. The maximum Gasteiger partial charge on any atom is 0.00793 e. The molecule has 3 unspecified atom stereocenters. The van der Waals surface area contributed by atoms with Crippen LogP contribution in [0.15, 0.2) is 30.3 Å². The van der Waals surface area contributed by atoms with Crippen LogP contribution in [0.3, 0.4) is 0 Å². The number of likely N-dealkylation sites (tertiary alicyclic amines) is 1. The van der Waals surface area contributed by atoms with E-state index < -0.39 is 0 Å². The molecular formula is C16H24N2. The summed E-state index contributed by atoms with van der Waals surface area (Å²) in [6, 6.07) is 11.4.